The molecule has 1 atom stereocenters. The molecule has 0 aliphatic rings. The number of carbonyl (C=O) groups excluding carboxylic acids is 2. The van der Waals surface area contributed by atoms with Gasteiger partial charge < -0.3 is 19.7 Å². The summed E-state index contributed by atoms with van der Waals surface area (Å²) in [5.41, 5.74) is 0.905. The number of hydrogen-bond acceptors (Lipinski definition) is 6. The van der Waals surface area contributed by atoms with E-state index in [2.05, 4.69) is 21.2 Å². The van der Waals surface area contributed by atoms with Gasteiger partial charge in [0.25, 0.3) is 10.0 Å². The highest BCUT2D eigenvalue weighted by molar-refractivity contribution is 9.10. The number of nitrogens with one attached hydrogen (secondary N) is 1. The summed E-state index contributed by atoms with van der Waals surface area (Å²) < 4.78 is 40.5. The quantitative estimate of drug-likeness (QED) is 0.326. The van der Waals surface area contributed by atoms with E-state index in [0.29, 0.717) is 12.3 Å². The third kappa shape index (κ3) is 7.30. The second kappa shape index (κ2) is 13.5. The molecule has 0 saturated carbocycles. The van der Waals surface area contributed by atoms with Crippen LogP contribution in [0.25, 0.3) is 0 Å². The lowest BCUT2D eigenvalue weighted by atomic mass is 10.1. The summed E-state index contributed by atoms with van der Waals surface area (Å²) in [7, 11) is -1.36. The lowest BCUT2D eigenvalue weighted by molar-refractivity contribution is -0.139. The fourth-order valence-electron chi connectivity index (χ4n) is 3.92. The number of likely N-dealkylation sites (N-methyl/N-ethyl adjacent to an activating group) is 1. The maximum absolute atomic E-state index is 13.9. The zero-order valence-electron chi connectivity index (χ0n) is 22.3. The Morgan fingerprint density at radius 3 is 2.23 bits per heavy atom. The number of ether oxygens (including phenoxy) is 2. The van der Waals surface area contributed by atoms with E-state index in [1.807, 2.05) is 24.3 Å². The van der Waals surface area contributed by atoms with Crippen LogP contribution in [0, 0.1) is 0 Å². The lowest BCUT2D eigenvalue weighted by Crippen LogP contribution is -2.51. The van der Waals surface area contributed by atoms with Gasteiger partial charge in [0.05, 0.1) is 24.8 Å². The van der Waals surface area contributed by atoms with Crippen LogP contribution < -0.4 is 19.1 Å². The molecule has 1 N–H and O–H groups in total. The van der Waals surface area contributed by atoms with Crippen LogP contribution in [0.15, 0.2) is 82.2 Å². The van der Waals surface area contributed by atoms with Gasteiger partial charge in [0.15, 0.2) is 0 Å². The van der Waals surface area contributed by atoms with Crippen molar-refractivity contribution in [1.29, 1.82) is 0 Å². The Morgan fingerprint density at radius 2 is 1.64 bits per heavy atom. The van der Waals surface area contributed by atoms with E-state index in [9.17, 15) is 18.0 Å². The van der Waals surface area contributed by atoms with Gasteiger partial charge in [-0.2, -0.15) is 0 Å². The molecule has 2 amide bonds. The first-order chi connectivity index (χ1) is 18.6. The van der Waals surface area contributed by atoms with E-state index in [4.69, 9.17) is 9.47 Å². The van der Waals surface area contributed by atoms with Crippen LogP contribution in [-0.4, -0.2) is 58.5 Å². The Hall–Kier alpha value is -3.57. The fraction of sp³-hybridized carbons (Fsp3) is 0.286. The highest BCUT2D eigenvalue weighted by Crippen LogP contribution is 2.36. The molecule has 0 aliphatic carbocycles. The smallest absolute Gasteiger partial charge is 0.264 e. The monoisotopic (exact) mass is 617 g/mol. The van der Waals surface area contributed by atoms with Crippen molar-refractivity contribution >= 4 is 43.5 Å². The summed E-state index contributed by atoms with van der Waals surface area (Å²) in [6.45, 7) is 3.30. The molecular formula is C28H32BrN3O6S. The van der Waals surface area contributed by atoms with E-state index >= 15 is 0 Å². The van der Waals surface area contributed by atoms with Gasteiger partial charge >= 0.3 is 0 Å². The number of methoxy groups -OCH3 is 2. The summed E-state index contributed by atoms with van der Waals surface area (Å²) >= 11 is 3.40. The number of carbonyl (C=O) groups is 2. The zero-order valence-corrected chi connectivity index (χ0v) is 24.7. The molecule has 0 radical (unpaired) electrons. The largest absolute Gasteiger partial charge is 0.497 e. The van der Waals surface area contributed by atoms with Crippen LogP contribution >= 0.6 is 15.9 Å². The summed E-state index contributed by atoms with van der Waals surface area (Å²) in [5.74, 6) is -0.297. The van der Waals surface area contributed by atoms with E-state index in [1.165, 1.54) is 37.3 Å². The number of anilines is 1. The number of benzene rings is 3. The molecule has 0 spiro atoms. The molecule has 9 nitrogen and oxygen atoms in total. The summed E-state index contributed by atoms with van der Waals surface area (Å²) in [6, 6.07) is 19.0. The van der Waals surface area contributed by atoms with Crippen LogP contribution in [0.4, 0.5) is 5.69 Å². The molecule has 0 aliphatic heterocycles. The van der Waals surface area contributed by atoms with Gasteiger partial charge in [-0.15, -0.1) is 0 Å². The molecule has 3 aromatic rings. The van der Waals surface area contributed by atoms with Crippen molar-refractivity contribution < 1.29 is 27.5 Å². The molecule has 1 unspecified atom stereocenters. The maximum Gasteiger partial charge on any atom is 0.264 e. The predicted molar refractivity (Wildman–Crippen MR) is 153 cm³/mol. The number of hydrogen-bond donors (Lipinski definition) is 1. The van der Waals surface area contributed by atoms with Crippen molar-refractivity contribution in [2.75, 3.05) is 31.6 Å². The normalized spacial score (nSPS) is 11.8. The lowest BCUT2D eigenvalue weighted by Gasteiger charge is -2.32. The Morgan fingerprint density at radius 1 is 0.974 bits per heavy atom. The van der Waals surface area contributed by atoms with Crippen molar-refractivity contribution in [2.45, 2.75) is 31.3 Å². The minimum Gasteiger partial charge on any atom is -0.497 e. The van der Waals surface area contributed by atoms with Crippen molar-refractivity contribution in [1.82, 2.24) is 10.2 Å². The first-order valence-electron chi connectivity index (χ1n) is 12.2. The van der Waals surface area contributed by atoms with Crippen LogP contribution in [0.2, 0.25) is 0 Å². The van der Waals surface area contributed by atoms with Crippen molar-refractivity contribution in [3.63, 3.8) is 0 Å². The average Bonchev–Trinajstić information content (AvgIpc) is 2.95. The van der Waals surface area contributed by atoms with E-state index in [1.54, 1.807) is 44.2 Å². The number of rotatable bonds is 12. The molecule has 0 bridgehead atoms. The van der Waals surface area contributed by atoms with E-state index in [0.717, 1.165) is 14.3 Å². The first-order valence-corrected chi connectivity index (χ1v) is 14.5. The third-order valence-electron chi connectivity index (χ3n) is 6.05. The molecule has 11 heteroatoms. The summed E-state index contributed by atoms with van der Waals surface area (Å²) in [5, 5.41) is 2.74. The number of sulfonamides is 1. The average molecular weight is 619 g/mol. The summed E-state index contributed by atoms with van der Waals surface area (Å²) in [4.78, 5) is 28.1. The van der Waals surface area contributed by atoms with E-state index < -0.39 is 28.5 Å². The van der Waals surface area contributed by atoms with Crippen LogP contribution in [0.1, 0.15) is 19.4 Å². The molecule has 0 fully saturated rings. The Bertz CT molecular complexity index is 1380. The van der Waals surface area contributed by atoms with Gasteiger partial charge in [0, 0.05) is 23.6 Å². The number of amides is 2. The van der Waals surface area contributed by atoms with Gasteiger partial charge in [-0.05, 0) is 55.8 Å². The minimum atomic E-state index is -4.23. The number of halogens is 1. The predicted octanol–water partition coefficient (Wildman–Crippen LogP) is 4.22. The standard InChI is InChI=1S/C28H32BrN3O6S/c1-5-30-28(34)20(2)31(18-21-11-13-22(29)14-12-21)27(33)19-32(39(35,36)24-9-7-6-8-10-24)25-17-23(37-3)15-16-26(25)38-4/h6-17,20H,5,18-19H2,1-4H3,(H,30,34). The van der Waals surface area contributed by atoms with Crippen LogP contribution in [0.3, 0.4) is 0 Å². The molecule has 0 saturated heterocycles. The Kier molecular flexibility index (Phi) is 10.4. The zero-order chi connectivity index (χ0) is 28.6. The molecule has 208 valence electrons. The molecule has 39 heavy (non-hydrogen) atoms. The summed E-state index contributed by atoms with van der Waals surface area (Å²) in [6.07, 6.45) is 0. The highest BCUT2D eigenvalue weighted by Gasteiger charge is 2.34. The van der Waals surface area contributed by atoms with Crippen molar-refractivity contribution in [3.05, 3.63) is 82.8 Å². The van der Waals surface area contributed by atoms with Crippen LogP contribution in [0.5, 0.6) is 11.5 Å². The first kappa shape index (κ1) is 30.0. The highest BCUT2D eigenvalue weighted by atomic mass is 79.9. The van der Waals surface area contributed by atoms with Crippen LogP contribution in [-0.2, 0) is 26.2 Å². The molecule has 3 aromatic carbocycles. The van der Waals surface area contributed by atoms with Gasteiger partial charge in [0.1, 0.15) is 24.1 Å². The topological polar surface area (TPSA) is 105 Å². The van der Waals surface area contributed by atoms with Crippen molar-refractivity contribution in [2.24, 2.45) is 0 Å². The third-order valence-corrected chi connectivity index (χ3v) is 8.35. The minimum absolute atomic E-state index is 0.00101. The van der Waals surface area contributed by atoms with Gasteiger partial charge in [-0.1, -0.05) is 46.3 Å². The Balaban J connectivity index is 2.10. The fourth-order valence-corrected chi connectivity index (χ4v) is 5.62. The number of nitrogens with zero attached hydrogens (tertiary/aromatic N) is 2. The maximum atomic E-state index is 13.9. The van der Waals surface area contributed by atoms with Crippen molar-refractivity contribution in [3.8, 4) is 11.5 Å². The molecule has 3 rings (SSSR count). The van der Waals surface area contributed by atoms with E-state index in [-0.39, 0.29) is 28.8 Å². The van der Waals surface area contributed by atoms with Gasteiger partial charge in [0.2, 0.25) is 11.8 Å². The second-order valence-electron chi connectivity index (χ2n) is 8.58. The molecule has 0 heterocycles. The molecule has 0 aromatic heterocycles. The van der Waals surface area contributed by atoms with Gasteiger partial charge in [-0.25, -0.2) is 8.42 Å². The SMILES string of the molecule is CCNC(=O)C(C)N(Cc1ccc(Br)cc1)C(=O)CN(c1cc(OC)ccc1OC)S(=O)(=O)c1ccccc1. The Labute approximate surface area is 237 Å². The second-order valence-corrected chi connectivity index (χ2v) is 11.4. The molecular weight excluding hydrogens is 586 g/mol. The van der Waals surface area contributed by atoms with Gasteiger partial charge in [-0.3, -0.25) is 13.9 Å².